The van der Waals surface area contributed by atoms with Crippen molar-refractivity contribution in [3.05, 3.63) is 53.6 Å². The molecule has 1 aromatic carbocycles. The van der Waals surface area contributed by atoms with Gasteiger partial charge in [0.2, 0.25) is 0 Å². The second kappa shape index (κ2) is 7.84. The Balaban J connectivity index is 1.86. The second-order valence-electron chi connectivity index (χ2n) is 4.94. The Morgan fingerprint density at radius 1 is 1.38 bits per heavy atom. The number of carbonyl (C=O) groups is 1. The number of esters is 1. The van der Waals surface area contributed by atoms with Crippen LogP contribution in [0.3, 0.4) is 0 Å². The first-order chi connectivity index (χ1) is 10.2. The van der Waals surface area contributed by atoms with Gasteiger partial charge in [-0.25, -0.2) is 4.98 Å². The molecule has 0 spiro atoms. The number of hydrogen-bond donors (Lipinski definition) is 0. The van der Waals surface area contributed by atoms with E-state index in [0.717, 1.165) is 18.4 Å². The summed E-state index contributed by atoms with van der Waals surface area (Å²) in [5.74, 6) is -0.197. The molecular weight excluding hydrogens is 288 g/mol. The van der Waals surface area contributed by atoms with Crippen LogP contribution in [-0.4, -0.2) is 15.5 Å². The summed E-state index contributed by atoms with van der Waals surface area (Å²) in [6, 6.07) is 7.39. The highest BCUT2D eigenvalue weighted by atomic mass is 35.5. The number of ether oxygens (including phenoxy) is 1. The van der Waals surface area contributed by atoms with Crippen molar-refractivity contribution in [3.8, 4) is 0 Å². The van der Waals surface area contributed by atoms with E-state index in [1.807, 2.05) is 22.9 Å². The largest absolute Gasteiger partial charge is 0.461 e. The fourth-order valence-corrected chi connectivity index (χ4v) is 2.30. The highest BCUT2D eigenvalue weighted by Crippen LogP contribution is 2.19. The Hall–Kier alpha value is -1.81. The van der Waals surface area contributed by atoms with Crippen LogP contribution >= 0.6 is 11.6 Å². The van der Waals surface area contributed by atoms with E-state index in [0.29, 0.717) is 11.4 Å². The SMILES string of the molecule is CCC[C@@H](CC(=O)OCc1ccc(Cl)cc1)n1ccnc1. The third kappa shape index (κ3) is 4.90. The van der Waals surface area contributed by atoms with Gasteiger partial charge >= 0.3 is 5.97 Å². The first-order valence-corrected chi connectivity index (χ1v) is 7.44. The predicted octanol–water partition coefficient (Wildman–Crippen LogP) is 4.01. The normalized spacial score (nSPS) is 12.1. The fourth-order valence-electron chi connectivity index (χ4n) is 2.17. The zero-order valence-corrected chi connectivity index (χ0v) is 12.8. The van der Waals surface area contributed by atoms with Crippen LogP contribution in [-0.2, 0) is 16.1 Å². The fraction of sp³-hybridized carbons (Fsp3) is 0.375. The molecular formula is C16H19ClN2O2. The summed E-state index contributed by atoms with van der Waals surface area (Å²) in [5, 5.41) is 0.674. The number of carbonyl (C=O) groups excluding carboxylic acids is 1. The van der Waals surface area contributed by atoms with Crippen LogP contribution < -0.4 is 0 Å². The zero-order chi connectivity index (χ0) is 15.1. The summed E-state index contributed by atoms with van der Waals surface area (Å²) < 4.78 is 7.29. The Bertz CT molecular complexity index is 552. The zero-order valence-electron chi connectivity index (χ0n) is 12.0. The highest BCUT2D eigenvalue weighted by molar-refractivity contribution is 6.30. The predicted molar refractivity (Wildman–Crippen MR) is 82.0 cm³/mol. The number of aromatic nitrogens is 2. The van der Waals surface area contributed by atoms with Crippen molar-refractivity contribution < 1.29 is 9.53 Å². The molecule has 1 heterocycles. The molecule has 0 aliphatic heterocycles. The van der Waals surface area contributed by atoms with Crippen molar-refractivity contribution in [1.29, 1.82) is 0 Å². The molecule has 0 bridgehead atoms. The van der Waals surface area contributed by atoms with Crippen LogP contribution in [0.4, 0.5) is 0 Å². The lowest BCUT2D eigenvalue weighted by molar-refractivity contribution is -0.146. The molecule has 112 valence electrons. The van der Waals surface area contributed by atoms with Crippen molar-refractivity contribution in [1.82, 2.24) is 9.55 Å². The molecule has 1 atom stereocenters. The summed E-state index contributed by atoms with van der Waals surface area (Å²) in [5.41, 5.74) is 0.933. The van der Waals surface area contributed by atoms with E-state index in [9.17, 15) is 4.79 Å². The van der Waals surface area contributed by atoms with Crippen LogP contribution in [0.2, 0.25) is 5.02 Å². The smallest absolute Gasteiger partial charge is 0.308 e. The lowest BCUT2D eigenvalue weighted by Crippen LogP contribution is -2.15. The molecule has 2 rings (SSSR count). The standard InChI is InChI=1S/C16H19ClN2O2/c1-2-3-15(19-9-8-18-12-19)10-16(20)21-11-13-4-6-14(17)7-5-13/h4-9,12,15H,2-3,10-11H2,1H3/t15-/m0/s1. The van der Waals surface area contributed by atoms with Gasteiger partial charge in [0.25, 0.3) is 0 Å². The maximum atomic E-state index is 12.0. The number of nitrogens with zero attached hydrogens (tertiary/aromatic N) is 2. The Labute approximate surface area is 129 Å². The first kappa shape index (κ1) is 15.6. The molecule has 1 aromatic heterocycles. The van der Waals surface area contributed by atoms with E-state index < -0.39 is 0 Å². The van der Waals surface area contributed by atoms with E-state index in [4.69, 9.17) is 16.3 Å². The summed E-state index contributed by atoms with van der Waals surface area (Å²) >= 11 is 5.82. The Morgan fingerprint density at radius 3 is 2.76 bits per heavy atom. The molecule has 0 radical (unpaired) electrons. The number of halogens is 1. The number of rotatable bonds is 7. The highest BCUT2D eigenvalue weighted by Gasteiger charge is 2.15. The van der Waals surface area contributed by atoms with Gasteiger partial charge in [-0.15, -0.1) is 0 Å². The number of imidazole rings is 1. The van der Waals surface area contributed by atoms with Crippen LogP contribution in [0.15, 0.2) is 43.0 Å². The third-order valence-electron chi connectivity index (χ3n) is 3.28. The molecule has 2 aromatic rings. The molecule has 21 heavy (non-hydrogen) atoms. The first-order valence-electron chi connectivity index (χ1n) is 7.06. The lowest BCUT2D eigenvalue weighted by atomic mass is 10.1. The van der Waals surface area contributed by atoms with E-state index >= 15 is 0 Å². The van der Waals surface area contributed by atoms with Crippen molar-refractivity contribution in [2.75, 3.05) is 0 Å². The van der Waals surface area contributed by atoms with E-state index in [1.165, 1.54) is 0 Å². The maximum absolute atomic E-state index is 12.0. The molecule has 5 heteroatoms. The topological polar surface area (TPSA) is 44.1 Å². The Morgan fingerprint density at radius 2 is 2.14 bits per heavy atom. The van der Waals surface area contributed by atoms with Gasteiger partial charge in [-0.1, -0.05) is 37.1 Å². The van der Waals surface area contributed by atoms with E-state index in [-0.39, 0.29) is 18.6 Å². The van der Waals surface area contributed by atoms with E-state index in [2.05, 4.69) is 11.9 Å². The van der Waals surface area contributed by atoms with Gasteiger partial charge in [0, 0.05) is 23.5 Å². The van der Waals surface area contributed by atoms with Gasteiger partial charge in [-0.3, -0.25) is 4.79 Å². The van der Waals surface area contributed by atoms with Crippen LogP contribution in [0, 0.1) is 0 Å². The number of hydrogen-bond acceptors (Lipinski definition) is 3. The molecule has 0 aliphatic rings. The van der Waals surface area contributed by atoms with Crippen LogP contribution in [0.5, 0.6) is 0 Å². The minimum atomic E-state index is -0.197. The van der Waals surface area contributed by atoms with Crippen LogP contribution in [0.1, 0.15) is 37.8 Å². The van der Waals surface area contributed by atoms with Crippen LogP contribution in [0.25, 0.3) is 0 Å². The second-order valence-corrected chi connectivity index (χ2v) is 5.38. The van der Waals surface area contributed by atoms with Crippen molar-refractivity contribution in [2.24, 2.45) is 0 Å². The van der Waals surface area contributed by atoms with Gasteiger partial charge < -0.3 is 9.30 Å². The number of benzene rings is 1. The average Bonchev–Trinajstić information content (AvgIpc) is 3.00. The van der Waals surface area contributed by atoms with Crippen molar-refractivity contribution in [2.45, 2.75) is 38.8 Å². The molecule has 0 fully saturated rings. The lowest BCUT2D eigenvalue weighted by Gasteiger charge is -2.16. The summed E-state index contributed by atoms with van der Waals surface area (Å²) in [4.78, 5) is 16.0. The molecule has 0 unspecified atom stereocenters. The van der Waals surface area contributed by atoms with Gasteiger partial charge in [-0.2, -0.15) is 0 Å². The van der Waals surface area contributed by atoms with E-state index in [1.54, 1.807) is 24.7 Å². The molecule has 0 N–H and O–H groups in total. The summed E-state index contributed by atoms with van der Waals surface area (Å²) in [6.07, 6.45) is 7.64. The van der Waals surface area contributed by atoms with Crippen molar-refractivity contribution >= 4 is 17.6 Å². The van der Waals surface area contributed by atoms with Gasteiger partial charge in [0.15, 0.2) is 0 Å². The third-order valence-corrected chi connectivity index (χ3v) is 3.54. The molecule has 0 aliphatic carbocycles. The minimum Gasteiger partial charge on any atom is -0.461 e. The molecule has 4 nitrogen and oxygen atoms in total. The van der Waals surface area contributed by atoms with Gasteiger partial charge in [-0.05, 0) is 24.1 Å². The maximum Gasteiger partial charge on any atom is 0.308 e. The average molecular weight is 307 g/mol. The quantitative estimate of drug-likeness (QED) is 0.726. The van der Waals surface area contributed by atoms with Crippen molar-refractivity contribution in [3.63, 3.8) is 0 Å². The summed E-state index contributed by atoms with van der Waals surface area (Å²) in [7, 11) is 0. The van der Waals surface area contributed by atoms with Gasteiger partial charge in [0.05, 0.1) is 12.7 Å². The van der Waals surface area contributed by atoms with Gasteiger partial charge in [0.1, 0.15) is 6.61 Å². The Kier molecular flexibility index (Phi) is 5.81. The minimum absolute atomic E-state index is 0.107. The monoisotopic (exact) mass is 306 g/mol. The summed E-state index contributed by atoms with van der Waals surface area (Å²) in [6.45, 7) is 2.38. The molecule has 0 saturated carbocycles. The molecule has 0 saturated heterocycles. The molecule has 0 amide bonds.